The predicted molar refractivity (Wildman–Crippen MR) is 94.2 cm³/mol. The molecule has 0 amide bonds. The maximum atomic E-state index is 4.71. The summed E-state index contributed by atoms with van der Waals surface area (Å²) >= 11 is 1.78. The van der Waals surface area contributed by atoms with Gasteiger partial charge in [-0.3, -0.25) is 4.98 Å². The first-order valence-electron chi connectivity index (χ1n) is 7.58. The van der Waals surface area contributed by atoms with E-state index >= 15 is 0 Å². The van der Waals surface area contributed by atoms with E-state index in [1.54, 1.807) is 11.8 Å². The van der Waals surface area contributed by atoms with Crippen LogP contribution in [0, 0.1) is 6.92 Å². The first-order valence-corrected chi connectivity index (χ1v) is 8.56. The smallest absolute Gasteiger partial charge is 0.161 e. The normalized spacial score (nSPS) is 10.4. The van der Waals surface area contributed by atoms with Gasteiger partial charge in [-0.25, -0.2) is 9.97 Å². The van der Waals surface area contributed by atoms with Gasteiger partial charge in [0.1, 0.15) is 11.2 Å². The molecule has 0 N–H and O–H groups in total. The maximum Gasteiger partial charge on any atom is 0.161 e. The summed E-state index contributed by atoms with van der Waals surface area (Å²) in [6.45, 7) is 8.17. The zero-order valence-corrected chi connectivity index (χ0v) is 14.6. The fourth-order valence-corrected chi connectivity index (χ4v) is 2.99. The summed E-state index contributed by atoms with van der Waals surface area (Å²) in [6.07, 6.45) is 3.68. The lowest BCUT2D eigenvalue weighted by Crippen LogP contribution is -1.97. The monoisotopic (exact) mass is 314 g/mol. The van der Waals surface area contributed by atoms with E-state index in [0.29, 0.717) is 0 Å². The molecule has 3 aromatic heterocycles. The summed E-state index contributed by atoms with van der Waals surface area (Å²) in [6, 6.07) is 6.11. The highest BCUT2D eigenvalue weighted by molar-refractivity contribution is 7.99. The lowest BCUT2D eigenvalue weighted by atomic mass is 10.3. The van der Waals surface area contributed by atoms with Crippen molar-refractivity contribution in [1.29, 1.82) is 0 Å². The van der Waals surface area contributed by atoms with Gasteiger partial charge in [0.15, 0.2) is 11.5 Å². The van der Waals surface area contributed by atoms with Gasteiger partial charge in [0.2, 0.25) is 0 Å². The Kier molecular flexibility index (Phi) is 5.55. The minimum absolute atomic E-state index is 0.870. The Balaban J connectivity index is 0.000000847. The van der Waals surface area contributed by atoms with Crippen LogP contribution in [0.25, 0.3) is 22.7 Å². The minimum Gasteiger partial charge on any atom is -0.310 e. The number of rotatable bonds is 3. The van der Waals surface area contributed by atoms with Crippen molar-refractivity contribution >= 4 is 22.9 Å². The Morgan fingerprint density at radius 3 is 2.73 bits per heavy atom. The number of aromatic nitrogens is 4. The van der Waals surface area contributed by atoms with Crippen molar-refractivity contribution in [2.24, 2.45) is 7.05 Å². The van der Waals surface area contributed by atoms with Crippen LogP contribution in [-0.2, 0) is 7.05 Å². The minimum atomic E-state index is 0.870. The van der Waals surface area contributed by atoms with Crippen LogP contribution in [0.3, 0.4) is 0 Å². The van der Waals surface area contributed by atoms with Crippen molar-refractivity contribution in [3.8, 4) is 11.5 Å². The van der Waals surface area contributed by atoms with Crippen molar-refractivity contribution in [3.05, 3.63) is 36.2 Å². The van der Waals surface area contributed by atoms with Gasteiger partial charge in [0.05, 0.1) is 0 Å². The summed E-state index contributed by atoms with van der Waals surface area (Å²) in [5.74, 6) is 1.88. The molecule has 0 saturated heterocycles. The molecule has 0 atom stereocenters. The standard InChI is InChI=1S/C15H16N4S.C2H6/c1-4-20-12-6-5-7-16-13(12)15-18-11-8-10(2)9-17-14(11)19(15)3;1-2/h5-9H,4H2,1-3H3;1-2H3. The third kappa shape index (κ3) is 3.14. The molecule has 0 fully saturated rings. The number of thioether (sulfide) groups is 1. The SMILES string of the molecule is CC.CCSc1cccnc1-c1nc2cc(C)cnc2n1C. The average Bonchev–Trinajstić information content (AvgIpc) is 2.86. The van der Waals surface area contributed by atoms with Crippen LogP contribution >= 0.6 is 11.8 Å². The van der Waals surface area contributed by atoms with Crippen LogP contribution in [0.15, 0.2) is 35.5 Å². The Hall–Kier alpha value is -1.88. The lowest BCUT2D eigenvalue weighted by molar-refractivity contribution is 0.927. The van der Waals surface area contributed by atoms with Crippen molar-refractivity contribution in [3.63, 3.8) is 0 Å². The summed E-state index contributed by atoms with van der Waals surface area (Å²) < 4.78 is 2.01. The number of fused-ring (bicyclic) bond motifs is 1. The van der Waals surface area contributed by atoms with Crippen molar-refractivity contribution in [1.82, 2.24) is 19.5 Å². The number of hydrogen-bond acceptors (Lipinski definition) is 4. The number of pyridine rings is 2. The summed E-state index contributed by atoms with van der Waals surface area (Å²) in [7, 11) is 1.99. The summed E-state index contributed by atoms with van der Waals surface area (Å²) in [5, 5.41) is 0. The van der Waals surface area contributed by atoms with E-state index in [0.717, 1.165) is 38.9 Å². The molecule has 0 aliphatic carbocycles. The Morgan fingerprint density at radius 2 is 2.00 bits per heavy atom. The molecule has 22 heavy (non-hydrogen) atoms. The van der Waals surface area contributed by atoms with Gasteiger partial charge in [-0.05, 0) is 36.4 Å². The largest absolute Gasteiger partial charge is 0.310 e. The van der Waals surface area contributed by atoms with E-state index in [4.69, 9.17) is 4.98 Å². The van der Waals surface area contributed by atoms with Gasteiger partial charge in [-0.2, -0.15) is 0 Å². The van der Waals surface area contributed by atoms with Gasteiger partial charge >= 0.3 is 0 Å². The number of aryl methyl sites for hydroxylation is 2. The molecular weight excluding hydrogens is 292 g/mol. The quantitative estimate of drug-likeness (QED) is 0.669. The van der Waals surface area contributed by atoms with Crippen LogP contribution in [0.2, 0.25) is 0 Å². The second-order valence-electron chi connectivity index (χ2n) is 4.63. The molecule has 0 bridgehead atoms. The molecule has 3 rings (SSSR count). The molecule has 0 aromatic carbocycles. The van der Waals surface area contributed by atoms with Crippen LogP contribution < -0.4 is 0 Å². The van der Waals surface area contributed by atoms with E-state index in [-0.39, 0.29) is 0 Å². The van der Waals surface area contributed by atoms with Crippen LogP contribution in [0.5, 0.6) is 0 Å². The molecule has 4 nitrogen and oxygen atoms in total. The Morgan fingerprint density at radius 1 is 1.23 bits per heavy atom. The Labute approximate surface area is 136 Å². The van der Waals surface area contributed by atoms with E-state index in [2.05, 4.69) is 29.0 Å². The van der Waals surface area contributed by atoms with Gasteiger partial charge in [-0.15, -0.1) is 11.8 Å². The number of nitrogens with zero attached hydrogens (tertiary/aromatic N) is 4. The molecule has 0 unspecified atom stereocenters. The third-order valence-electron chi connectivity index (χ3n) is 3.13. The topological polar surface area (TPSA) is 43.6 Å². The third-order valence-corrected chi connectivity index (χ3v) is 4.06. The number of imidazole rings is 1. The fraction of sp³-hybridized carbons (Fsp3) is 0.353. The Bertz CT molecular complexity index is 764. The molecule has 0 saturated carbocycles. The van der Waals surface area contributed by atoms with E-state index in [1.807, 2.05) is 50.8 Å². The first kappa shape index (κ1) is 16.5. The summed E-state index contributed by atoms with van der Waals surface area (Å²) in [4.78, 5) is 14.9. The predicted octanol–water partition coefficient (Wildman–Crippen LogP) is 4.48. The van der Waals surface area contributed by atoms with Crippen LogP contribution in [-0.4, -0.2) is 25.3 Å². The van der Waals surface area contributed by atoms with Crippen molar-refractivity contribution < 1.29 is 0 Å². The molecule has 0 spiro atoms. The van der Waals surface area contributed by atoms with Gasteiger partial charge in [0, 0.05) is 24.3 Å². The van der Waals surface area contributed by atoms with E-state index < -0.39 is 0 Å². The highest BCUT2D eigenvalue weighted by Crippen LogP contribution is 2.30. The van der Waals surface area contributed by atoms with Gasteiger partial charge < -0.3 is 4.57 Å². The molecule has 0 radical (unpaired) electrons. The van der Waals surface area contributed by atoms with Gasteiger partial charge in [-0.1, -0.05) is 20.8 Å². The van der Waals surface area contributed by atoms with Crippen molar-refractivity contribution in [2.75, 3.05) is 5.75 Å². The first-order chi connectivity index (χ1) is 10.7. The highest BCUT2D eigenvalue weighted by Gasteiger charge is 2.15. The zero-order valence-electron chi connectivity index (χ0n) is 13.8. The average molecular weight is 314 g/mol. The van der Waals surface area contributed by atoms with E-state index in [1.165, 1.54) is 0 Å². The lowest BCUT2D eigenvalue weighted by Gasteiger charge is -2.06. The molecule has 0 aliphatic rings. The molecule has 116 valence electrons. The summed E-state index contributed by atoms with van der Waals surface area (Å²) in [5.41, 5.74) is 3.85. The molecule has 3 aromatic rings. The van der Waals surface area contributed by atoms with Crippen LogP contribution in [0.1, 0.15) is 26.3 Å². The van der Waals surface area contributed by atoms with Crippen LogP contribution in [0.4, 0.5) is 0 Å². The van der Waals surface area contributed by atoms with Gasteiger partial charge in [0.25, 0.3) is 0 Å². The maximum absolute atomic E-state index is 4.71. The number of hydrogen-bond donors (Lipinski definition) is 0. The van der Waals surface area contributed by atoms with E-state index in [9.17, 15) is 0 Å². The molecular formula is C17H22N4S. The molecule has 0 aliphatic heterocycles. The second-order valence-corrected chi connectivity index (χ2v) is 5.94. The highest BCUT2D eigenvalue weighted by atomic mass is 32.2. The van der Waals surface area contributed by atoms with Crippen molar-refractivity contribution in [2.45, 2.75) is 32.6 Å². The molecule has 3 heterocycles. The molecule has 5 heteroatoms. The second kappa shape index (κ2) is 7.40. The zero-order chi connectivity index (χ0) is 16.1. The fourth-order valence-electron chi connectivity index (χ4n) is 2.22.